The van der Waals surface area contributed by atoms with Gasteiger partial charge in [0, 0.05) is 28.5 Å². The van der Waals surface area contributed by atoms with Gasteiger partial charge in [-0.3, -0.25) is 0 Å². The van der Waals surface area contributed by atoms with E-state index in [1.54, 1.807) is 0 Å². The second kappa shape index (κ2) is 8.76. The van der Waals surface area contributed by atoms with Crippen LogP contribution in [0.5, 0.6) is 0 Å². The standard InChI is InChI=1S/C34H27N2O/c1-21-9-5-6-10-26(21)27-16-13-24(19-23(27)3)32-25(20-35)14-17-29-28-15-12-22(2)31(33(28)37-34(29)32)30-11-7-8-18-36(30)4/h5-19H,1-4H3/q+1. The van der Waals surface area contributed by atoms with Crippen LogP contribution < -0.4 is 4.57 Å². The number of hydrogen-bond donors (Lipinski definition) is 0. The fourth-order valence-corrected chi connectivity index (χ4v) is 5.48. The van der Waals surface area contributed by atoms with Crippen molar-refractivity contribution in [2.24, 2.45) is 7.05 Å². The number of furan rings is 1. The predicted octanol–water partition coefficient (Wildman–Crippen LogP) is 8.21. The Morgan fingerprint density at radius 1 is 0.676 bits per heavy atom. The third kappa shape index (κ3) is 3.61. The molecule has 0 aliphatic heterocycles. The Labute approximate surface area is 216 Å². The number of aryl methyl sites for hydroxylation is 4. The van der Waals surface area contributed by atoms with E-state index in [1.165, 1.54) is 16.7 Å². The van der Waals surface area contributed by atoms with E-state index >= 15 is 0 Å². The van der Waals surface area contributed by atoms with E-state index in [9.17, 15) is 5.26 Å². The third-order valence-electron chi connectivity index (χ3n) is 7.40. The molecule has 3 heteroatoms. The molecule has 0 N–H and O–H groups in total. The maximum atomic E-state index is 10.1. The second-order valence-electron chi connectivity index (χ2n) is 9.75. The van der Waals surface area contributed by atoms with Crippen molar-refractivity contribution in [2.75, 3.05) is 0 Å². The monoisotopic (exact) mass is 479 g/mol. The molecule has 0 amide bonds. The number of nitriles is 1. The van der Waals surface area contributed by atoms with Crippen LogP contribution in [0.15, 0.2) is 95.5 Å². The van der Waals surface area contributed by atoms with E-state index < -0.39 is 0 Å². The topological polar surface area (TPSA) is 40.8 Å². The van der Waals surface area contributed by atoms with Crippen LogP contribution in [0, 0.1) is 32.1 Å². The van der Waals surface area contributed by atoms with Gasteiger partial charge in [-0.15, -0.1) is 0 Å². The molecule has 37 heavy (non-hydrogen) atoms. The Balaban J connectivity index is 1.63. The van der Waals surface area contributed by atoms with Crippen molar-refractivity contribution in [3.63, 3.8) is 0 Å². The van der Waals surface area contributed by atoms with Crippen molar-refractivity contribution in [3.8, 4) is 39.6 Å². The maximum absolute atomic E-state index is 10.1. The second-order valence-corrected chi connectivity index (χ2v) is 9.75. The number of pyridine rings is 1. The van der Waals surface area contributed by atoms with E-state index in [0.29, 0.717) is 5.56 Å². The average molecular weight is 480 g/mol. The molecule has 0 aliphatic carbocycles. The highest BCUT2D eigenvalue weighted by atomic mass is 16.3. The Hall–Kier alpha value is -4.68. The van der Waals surface area contributed by atoms with Gasteiger partial charge in [-0.05, 0) is 72.4 Å². The van der Waals surface area contributed by atoms with E-state index in [-0.39, 0.29) is 0 Å². The maximum Gasteiger partial charge on any atom is 0.216 e. The van der Waals surface area contributed by atoms with Gasteiger partial charge in [-0.1, -0.05) is 54.6 Å². The van der Waals surface area contributed by atoms with E-state index in [0.717, 1.165) is 55.4 Å². The van der Waals surface area contributed by atoms with Crippen LogP contribution in [0.4, 0.5) is 0 Å². The first-order valence-electron chi connectivity index (χ1n) is 12.5. The molecule has 0 saturated carbocycles. The van der Waals surface area contributed by atoms with Crippen LogP contribution in [-0.2, 0) is 7.05 Å². The fourth-order valence-electron chi connectivity index (χ4n) is 5.48. The first-order chi connectivity index (χ1) is 18.0. The molecule has 4 aromatic carbocycles. The summed E-state index contributed by atoms with van der Waals surface area (Å²) >= 11 is 0. The Kier molecular flexibility index (Phi) is 5.39. The molecule has 3 nitrogen and oxygen atoms in total. The number of nitrogens with zero attached hydrogens (tertiary/aromatic N) is 2. The Bertz CT molecular complexity index is 1890. The lowest BCUT2D eigenvalue weighted by Gasteiger charge is -2.12. The molecule has 6 rings (SSSR count). The minimum Gasteiger partial charge on any atom is -0.454 e. The summed E-state index contributed by atoms with van der Waals surface area (Å²) in [5, 5.41) is 12.1. The van der Waals surface area contributed by atoms with Crippen LogP contribution in [0.25, 0.3) is 55.4 Å². The van der Waals surface area contributed by atoms with Gasteiger partial charge in [-0.25, -0.2) is 4.57 Å². The Morgan fingerprint density at radius 2 is 1.38 bits per heavy atom. The largest absolute Gasteiger partial charge is 0.454 e. The first-order valence-corrected chi connectivity index (χ1v) is 12.5. The first kappa shape index (κ1) is 22.8. The van der Waals surface area contributed by atoms with E-state index in [2.05, 4.69) is 92.1 Å². The quantitative estimate of drug-likeness (QED) is 0.240. The van der Waals surface area contributed by atoms with Gasteiger partial charge in [0.1, 0.15) is 18.2 Å². The fraction of sp³-hybridized carbons (Fsp3) is 0.118. The van der Waals surface area contributed by atoms with Crippen molar-refractivity contribution in [2.45, 2.75) is 20.8 Å². The Morgan fingerprint density at radius 3 is 2.11 bits per heavy atom. The summed E-state index contributed by atoms with van der Waals surface area (Å²) in [7, 11) is 2.05. The predicted molar refractivity (Wildman–Crippen MR) is 150 cm³/mol. The molecule has 0 saturated heterocycles. The van der Waals surface area contributed by atoms with Crippen LogP contribution in [0.2, 0.25) is 0 Å². The van der Waals surface area contributed by atoms with Crippen molar-refractivity contribution >= 4 is 21.9 Å². The molecular weight excluding hydrogens is 452 g/mol. The smallest absolute Gasteiger partial charge is 0.216 e. The zero-order chi connectivity index (χ0) is 25.7. The number of aromatic nitrogens is 1. The van der Waals surface area contributed by atoms with Gasteiger partial charge in [-0.2, -0.15) is 5.26 Å². The van der Waals surface area contributed by atoms with Crippen LogP contribution >= 0.6 is 0 Å². The van der Waals surface area contributed by atoms with Crippen molar-refractivity contribution in [1.82, 2.24) is 0 Å². The normalized spacial score (nSPS) is 11.2. The molecule has 6 aromatic rings. The highest BCUT2D eigenvalue weighted by molar-refractivity contribution is 6.14. The van der Waals surface area contributed by atoms with Gasteiger partial charge in [0.05, 0.1) is 17.2 Å². The van der Waals surface area contributed by atoms with Gasteiger partial charge >= 0.3 is 0 Å². The van der Waals surface area contributed by atoms with E-state index in [4.69, 9.17) is 4.42 Å². The number of benzene rings is 4. The van der Waals surface area contributed by atoms with E-state index in [1.807, 2.05) is 37.5 Å². The summed E-state index contributed by atoms with van der Waals surface area (Å²) in [5.41, 5.74) is 12.2. The molecule has 178 valence electrons. The highest BCUT2D eigenvalue weighted by Gasteiger charge is 2.23. The SMILES string of the molecule is Cc1ccccc1-c1ccc(-c2c(C#N)ccc3c2oc2c(-c4cccc[n+]4C)c(C)ccc23)cc1C. The minimum atomic E-state index is 0.609. The molecule has 0 radical (unpaired) electrons. The zero-order valence-corrected chi connectivity index (χ0v) is 21.5. The minimum absolute atomic E-state index is 0.609. The average Bonchev–Trinajstić information content (AvgIpc) is 3.27. The summed E-state index contributed by atoms with van der Waals surface area (Å²) < 4.78 is 8.83. The summed E-state index contributed by atoms with van der Waals surface area (Å²) in [6, 6.07) is 31.7. The molecule has 0 fully saturated rings. The molecular formula is C34H27N2O+. The molecule has 2 heterocycles. The van der Waals surface area contributed by atoms with Gasteiger partial charge in [0.2, 0.25) is 5.69 Å². The lowest BCUT2D eigenvalue weighted by molar-refractivity contribution is -0.660. The molecule has 0 bridgehead atoms. The summed E-state index contributed by atoms with van der Waals surface area (Å²) in [6.07, 6.45) is 2.05. The van der Waals surface area contributed by atoms with Gasteiger partial charge in [0.25, 0.3) is 0 Å². The van der Waals surface area contributed by atoms with Crippen LogP contribution in [0.3, 0.4) is 0 Å². The van der Waals surface area contributed by atoms with Gasteiger partial charge in [0.15, 0.2) is 6.20 Å². The summed E-state index contributed by atoms with van der Waals surface area (Å²) in [6.45, 7) is 6.38. The summed E-state index contributed by atoms with van der Waals surface area (Å²) in [5.74, 6) is 0. The van der Waals surface area contributed by atoms with Gasteiger partial charge < -0.3 is 4.42 Å². The van der Waals surface area contributed by atoms with Crippen LogP contribution in [0.1, 0.15) is 22.3 Å². The highest BCUT2D eigenvalue weighted by Crippen LogP contribution is 2.42. The van der Waals surface area contributed by atoms with Crippen molar-refractivity contribution in [3.05, 3.63) is 113 Å². The molecule has 0 aliphatic rings. The van der Waals surface area contributed by atoms with Crippen molar-refractivity contribution < 1.29 is 8.98 Å². The number of hydrogen-bond acceptors (Lipinski definition) is 2. The lowest BCUT2D eigenvalue weighted by atomic mass is 9.91. The molecule has 0 unspecified atom stereocenters. The lowest BCUT2D eigenvalue weighted by Crippen LogP contribution is -2.30. The third-order valence-corrected chi connectivity index (χ3v) is 7.40. The molecule has 0 atom stereocenters. The summed E-state index contributed by atoms with van der Waals surface area (Å²) in [4.78, 5) is 0. The number of rotatable bonds is 3. The van der Waals surface area contributed by atoms with Crippen molar-refractivity contribution in [1.29, 1.82) is 5.26 Å². The van der Waals surface area contributed by atoms with Crippen LogP contribution in [-0.4, -0.2) is 0 Å². The number of fused-ring (bicyclic) bond motifs is 3. The molecule has 0 spiro atoms. The zero-order valence-electron chi connectivity index (χ0n) is 21.5. The molecule has 2 aromatic heterocycles.